The summed E-state index contributed by atoms with van der Waals surface area (Å²) in [4.78, 5) is 14.4. The van der Waals surface area contributed by atoms with Gasteiger partial charge in [-0.15, -0.1) is 0 Å². The Balaban J connectivity index is 1.75. The molecule has 0 unspecified atom stereocenters. The van der Waals surface area contributed by atoms with Crippen LogP contribution in [0.5, 0.6) is 0 Å². The molecule has 130 valence electrons. The molecule has 0 bridgehead atoms. The summed E-state index contributed by atoms with van der Waals surface area (Å²) in [6.45, 7) is 0.644. The predicted molar refractivity (Wildman–Crippen MR) is 109 cm³/mol. The number of para-hydroxylation sites is 2. The zero-order chi connectivity index (χ0) is 18.2. The van der Waals surface area contributed by atoms with Gasteiger partial charge >= 0.3 is 0 Å². The maximum atomic E-state index is 6.04. The SMILES string of the molecule is Clc1ccc(Cn2c(-c3ccccc3)nc3nc4ccccc4nc32)cc1. The van der Waals surface area contributed by atoms with Crippen molar-refractivity contribution in [1.29, 1.82) is 0 Å². The monoisotopic (exact) mass is 370 g/mol. The van der Waals surface area contributed by atoms with E-state index in [9.17, 15) is 0 Å². The average molecular weight is 371 g/mol. The lowest BCUT2D eigenvalue weighted by molar-refractivity contribution is 0.825. The van der Waals surface area contributed by atoms with E-state index in [1.54, 1.807) is 0 Å². The predicted octanol–water partition coefficient (Wildman–Crippen LogP) is 5.35. The second-order valence-corrected chi connectivity index (χ2v) is 6.81. The number of fused-ring (bicyclic) bond motifs is 2. The minimum Gasteiger partial charge on any atom is -0.303 e. The lowest BCUT2D eigenvalue weighted by Crippen LogP contribution is -2.03. The molecule has 0 spiro atoms. The van der Waals surface area contributed by atoms with Gasteiger partial charge in [0.2, 0.25) is 0 Å². The van der Waals surface area contributed by atoms with Crippen molar-refractivity contribution in [2.75, 3.05) is 0 Å². The Morgan fingerprint density at radius 2 is 1.37 bits per heavy atom. The molecule has 27 heavy (non-hydrogen) atoms. The van der Waals surface area contributed by atoms with Crippen molar-refractivity contribution in [3.05, 3.63) is 89.4 Å². The molecule has 0 radical (unpaired) electrons. The molecule has 0 aliphatic carbocycles. The fourth-order valence-corrected chi connectivity index (χ4v) is 3.35. The van der Waals surface area contributed by atoms with Crippen LogP contribution in [0.2, 0.25) is 5.02 Å². The topological polar surface area (TPSA) is 43.6 Å². The molecule has 0 saturated heterocycles. The highest BCUT2D eigenvalue weighted by molar-refractivity contribution is 6.30. The summed E-state index contributed by atoms with van der Waals surface area (Å²) >= 11 is 6.04. The largest absolute Gasteiger partial charge is 0.303 e. The van der Waals surface area contributed by atoms with E-state index >= 15 is 0 Å². The summed E-state index contributed by atoms with van der Waals surface area (Å²) in [5.41, 5.74) is 5.31. The highest BCUT2D eigenvalue weighted by Crippen LogP contribution is 2.26. The average Bonchev–Trinajstić information content (AvgIpc) is 3.06. The van der Waals surface area contributed by atoms with Crippen molar-refractivity contribution in [2.45, 2.75) is 6.54 Å². The second kappa shape index (κ2) is 6.49. The summed E-state index contributed by atoms with van der Waals surface area (Å²) in [5.74, 6) is 0.857. The Hall–Kier alpha value is -3.24. The molecule has 2 aromatic heterocycles. The van der Waals surface area contributed by atoms with Crippen LogP contribution >= 0.6 is 11.6 Å². The van der Waals surface area contributed by atoms with Crippen molar-refractivity contribution >= 4 is 33.9 Å². The molecule has 5 aromatic rings. The summed E-state index contributed by atoms with van der Waals surface area (Å²) in [6.07, 6.45) is 0. The van der Waals surface area contributed by atoms with Crippen LogP contribution in [0.1, 0.15) is 5.56 Å². The molecule has 0 aliphatic rings. The summed E-state index contributed by atoms with van der Waals surface area (Å²) in [6, 6.07) is 25.9. The van der Waals surface area contributed by atoms with Crippen molar-refractivity contribution in [2.24, 2.45) is 0 Å². The number of hydrogen-bond acceptors (Lipinski definition) is 3. The van der Waals surface area contributed by atoms with E-state index in [1.807, 2.05) is 66.7 Å². The van der Waals surface area contributed by atoms with Gasteiger partial charge < -0.3 is 4.57 Å². The lowest BCUT2D eigenvalue weighted by Gasteiger charge is -2.09. The first-order valence-corrected chi connectivity index (χ1v) is 9.08. The molecule has 0 fully saturated rings. The van der Waals surface area contributed by atoms with Crippen molar-refractivity contribution < 1.29 is 0 Å². The summed E-state index contributed by atoms with van der Waals surface area (Å²) in [5, 5.41) is 0.725. The fraction of sp³-hybridized carbons (Fsp3) is 0.0455. The van der Waals surface area contributed by atoms with Gasteiger partial charge in [0, 0.05) is 10.6 Å². The van der Waals surface area contributed by atoms with Crippen molar-refractivity contribution in [3.8, 4) is 11.4 Å². The molecule has 2 heterocycles. The number of nitrogens with zero attached hydrogens (tertiary/aromatic N) is 4. The molecule has 0 atom stereocenters. The van der Waals surface area contributed by atoms with Crippen LogP contribution in [-0.2, 0) is 6.54 Å². The molecule has 3 aromatic carbocycles. The van der Waals surface area contributed by atoms with Crippen LogP contribution in [0.4, 0.5) is 0 Å². The Morgan fingerprint density at radius 3 is 2.11 bits per heavy atom. The highest BCUT2D eigenvalue weighted by atomic mass is 35.5. The molecule has 0 N–H and O–H groups in total. The van der Waals surface area contributed by atoms with Crippen molar-refractivity contribution in [3.63, 3.8) is 0 Å². The number of benzene rings is 3. The minimum atomic E-state index is 0.644. The normalized spacial score (nSPS) is 11.3. The molecule has 0 amide bonds. The van der Waals surface area contributed by atoms with Crippen LogP contribution in [0.15, 0.2) is 78.9 Å². The molecule has 5 heteroatoms. The van der Waals surface area contributed by atoms with E-state index in [2.05, 4.69) is 16.7 Å². The molecule has 4 nitrogen and oxygen atoms in total. The van der Waals surface area contributed by atoms with Gasteiger partial charge in [-0.25, -0.2) is 15.0 Å². The number of halogens is 1. The minimum absolute atomic E-state index is 0.644. The number of hydrogen-bond donors (Lipinski definition) is 0. The van der Waals surface area contributed by atoms with Crippen LogP contribution in [0.25, 0.3) is 33.7 Å². The molecular formula is C22H15ClN4. The Labute approximate surface area is 161 Å². The van der Waals surface area contributed by atoms with Crippen LogP contribution in [0.3, 0.4) is 0 Å². The van der Waals surface area contributed by atoms with E-state index in [4.69, 9.17) is 26.6 Å². The van der Waals surface area contributed by atoms with Gasteiger partial charge in [0.15, 0.2) is 11.3 Å². The maximum absolute atomic E-state index is 6.04. The van der Waals surface area contributed by atoms with Gasteiger partial charge in [0.1, 0.15) is 5.82 Å². The number of imidazole rings is 1. The molecule has 0 saturated carbocycles. The quantitative estimate of drug-likeness (QED) is 0.430. The van der Waals surface area contributed by atoms with E-state index in [0.717, 1.165) is 38.7 Å². The first-order chi connectivity index (χ1) is 13.3. The lowest BCUT2D eigenvalue weighted by atomic mass is 10.2. The van der Waals surface area contributed by atoms with Crippen LogP contribution < -0.4 is 0 Å². The van der Waals surface area contributed by atoms with E-state index in [-0.39, 0.29) is 0 Å². The van der Waals surface area contributed by atoms with Crippen LogP contribution in [-0.4, -0.2) is 19.5 Å². The Kier molecular flexibility index (Phi) is 3.84. The molecule has 5 rings (SSSR count). The van der Waals surface area contributed by atoms with Gasteiger partial charge in [-0.1, -0.05) is 66.2 Å². The number of rotatable bonds is 3. The first-order valence-electron chi connectivity index (χ1n) is 8.71. The standard InChI is InChI=1S/C22H15ClN4/c23-17-12-10-15(11-13-17)14-27-21(16-6-2-1-3-7-16)26-20-22(27)25-19-9-5-4-8-18(19)24-20/h1-13H,14H2. The van der Waals surface area contributed by atoms with E-state index in [0.29, 0.717) is 12.2 Å². The summed E-state index contributed by atoms with van der Waals surface area (Å²) < 4.78 is 2.12. The maximum Gasteiger partial charge on any atom is 0.198 e. The zero-order valence-corrected chi connectivity index (χ0v) is 15.1. The van der Waals surface area contributed by atoms with E-state index < -0.39 is 0 Å². The second-order valence-electron chi connectivity index (χ2n) is 6.37. The Morgan fingerprint density at radius 1 is 0.704 bits per heavy atom. The first kappa shape index (κ1) is 16.0. The fourth-order valence-electron chi connectivity index (χ4n) is 3.23. The van der Waals surface area contributed by atoms with Crippen molar-refractivity contribution in [1.82, 2.24) is 19.5 Å². The number of aromatic nitrogens is 4. The summed E-state index contributed by atoms with van der Waals surface area (Å²) in [7, 11) is 0. The third-order valence-electron chi connectivity index (χ3n) is 4.54. The Bertz CT molecular complexity index is 1240. The molecule has 0 aliphatic heterocycles. The zero-order valence-electron chi connectivity index (χ0n) is 14.4. The smallest absolute Gasteiger partial charge is 0.198 e. The van der Waals surface area contributed by atoms with E-state index in [1.165, 1.54) is 0 Å². The molecular weight excluding hydrogens is 356 g/mol. The highest BCUT2D eigenvalue weighted by Gasteiger charge is 2.16. The van der Waals surface area contributed by atoms with Gasteiger partial charge in [0.25, 0.3) is 0 Å². The van der Waals surface area contributed by atoms with Crippen LogP contribution in [0, 0.1) is 0 Å². The third kappa shape index (κ3) is 2.94. The van der Waals surface area contributed by atoms with Gasteiger partial charge in [-0.2, -0.15) is 0 Å². The van der Waals surface area contributed by atoms with Gasteiger partial charge in [0.05, 0.1) is 17.6 Å². The van der Waals surface area contributed by atoms with Gasteiger partial charge in [-0.3, -0.25) is 0 Å². The third-order valence-corrected chi connectivity index (χ3v) is 4.80. The van der Waals surface area contributed by atoms with Gasteiger partial charge in [-0.05, 0) is 29.8 Å².